The van der Waals surface area contributed by atoms with Crippen LogP contribution >= 0.6 is 0 Å². The Morgan fingerprint density at radius 1 is 1.19 bits per heavy atom. The summed E-state index contributed by atoms with van der Waals surface area (Å²) in [6.07, 6.45) is 3.00. The van der Waals surface area contributed by atoms with Gasteiger partial charge in [0.25, 0.3) is 0 Å². The highest BCUT2D eigenvalue weighted by atomic mass is 16.5. The van der Waals surface area contributed by atoms with Crippen molar-refractivity contribution >= 4 is 11.7 Å². The number of fused-ring (bicyclic) bond motifs is 1. The van der Waals surface area contributed by atoms with Crippen LogP contribution < -0.4 is 10.1 Å². The number of amides is 2. The third kappa shape index (κ3) is 5.47. The van der Waals surface area contributed by atoms with E-state index in [9.17, 15) is 4.79 Å². The van der Waals surface area contributed by atoms with Gasteiger partial charge in [-0.25, -0.2) is 4.79 Å². The van der Waals surface area contributed by atoms with E-state index in [1.807, 2.05) is 36.4 Å². The molecule has 144 valence electrons. The van der Waals surface area contributed by atoms with Crippen molar-refractivity contribution in [3.8, 4) is 5.75 Å². The zero-order valence-electron chi connectivity index (χ0n) is 16.1. The van der Waals surface area contributed by atoms with Gasteiger partial charge in [-0.1, -0.05) is 37.6 Å². The van der Waals surface area contributed by atoms with E-state index >= 15 is 0 Å². The molecule has 0 bridgehead atoms. The minimum absolute atomic E-state index is 0.0185. The number of carbonyl (C=O) groups is 1. The summed E-state index contributed by atoms with van der Waals surface area (Å²) >= 11 is 0. The summed E-state index contributed by atoms with van der Waals surface area (Å²) < 4.78 is 11.5. The number of urea groups is 1. The van der Waals surface area contributed by atoms with E-state index < -0.39 is 0 Å². The molecule has 1 aliphatic rings. The van der Waals surface area contributed by atoms with Crippen molar-refractivity contribution in [3.05, 3.63) is 59.7 Å². The summed E-state index contributed by atoms with van der Waals surface area (Å²) in [5.41, 5.74) is 3.30. The van der Waals surface area contributed by atoms with Crippen LogP contribution in [0.2, 0.25) is 0 Å². The zero-order chi connectivity index (χ0) is 19.1. The van der Waals surface area contributed by atoms with Crippen LogP contribution in [0.1, 0.15) is 30.9 Å². The van der Waals surface area contributed by atoms with E-state index in [-0.39, 0.29) is 12.1 Å². The molecule has 0 saturated heterocycles. The molecule has 1 heterocycles. The van der Waals surface area contributed by atoms with Gasteiger partial charge in [-0.3, -0.25) is 0 Å². The number of likely N-dealkylation sites (N-methyl/N-ethyl adjacent to an activating group) is 1. The molecule has 0 saturated carbocycles. The summed E-state index contributed by atoms with van der Waals surface area (Å²) in [6.45, 7) is 4.01. The molecule has 1 aliphatic heterocycles. The smallest absolute Gasteiger partial charge is 0.321 e. The Labute approximate surface area is 161 Å². The maximum atomic E-state index is 12.5. The van der Waals surface area contributed by atoms with E-state index in [0.717, 1.165) is 37.3 Å². The molecule has 1 unspecified atom stereocenters. The number of ether oxygens (including phenoxy) is 2. The van der Waals surface area contributed by atoms with Crippen molar-refractivity contribution in [2.75, 3.05) is 25.5 Å². The Morgan fingerprint density at radius 3 is 2.67 bits per heavy atom. The van der Waals surface area contributed by atoms with Gasteiger partial charge in [0.1, 0.15) is 5.75 Å². The molecule has 0 fully saturated rings. The van der Waals surface area contributed by atoms with Crippen LogP contribution in [0.4, 0.5) is 10.5 Å². The lowest BCUT2D eigenvalue weighted by Crippen LogP contribution is -2.40. The largest absolute Gasteiger partial charge is 0.494 e. The Kier molecular flexibility index (Phi) is 6.71. The van der Waals surface area contributed by atoms with Gasteiger partial charge in [-0.2, -0.15) is 0 Å². The monoisotopic (exact) mass is 368 g/mol. The Hall–Kier alpha value is -2.53. The molecule has 1 atom stereocenters. The number of benzene rings is 2. The number of hydrogen-bond donors (Lipinski definition) is 1. The maximum Gasteiger partial charge on any atom is 0.321 e. The van der Waals surface area contributed by atoms with Gasteiger partial charge in [-0.15, -0.1) is 0 Å². The molecule has 2 aromatic rings. The van der Waals surface area contributed by atoms with E-state index in [2.05, 4.69) is 24.4 Å². The number of carbonyl (C=O) groups excluding carboxylic acids is 1. The highest BCUT2D eigenvalue weighted by molar-refractivity contribution is 5.89. The maximum absolute atomic E-state index is 12.5. The highest BCUT2D eigenvalue weighted by Gasteiger charge is 2.22. The first kappa shape index (κ1) is 19.2. The summed E-state index contributed by atoms with van der Waals surface area (Å²) in [5.74, 6) is 0.823. The minimum atomic E-state index is -0.142. The van der Waals surface area contributed by atoms with E-state index in [1.54, 1.807) is 11.9 Å². The number of nitrogens with one attached hydrogen (secondary N) is 1. The van der Waals surface area contributed by atoms with Crippen molar-refractivity contribution < 1.29 is 14.3 Å². The van der Waals surface area contributed by atoms with Crippen LogP contribution in [0.15, 0.2) is 48.5 Å². The standard InChI is InChI=1S/C22H28N2O3/c1-3-4-13-26-20-11-9-19(10-12-20)23-22(25)24(2)15-21-14-17-7-5-6-8-18(17)16-27-21/h5-12,21H,3-4,13-16H2,1-2H3,(H,23,25). The quantitative estimate of drug-likeness (QED) is 0.734. The first-order chi connectivity index (χ1) is 13.2. The minimum Gasteiger partial charge on any atom is -0.494 e. The van der Waals surface area contributed by atoms with Crippen LogP contribution in [0.25, 0.3) is 0 Å². The fourth-order valence-corrected chi connectivity index (χ4v) is 3.10. The molecule has 2 aromatic carbocycles. The molecule has 5 nitrogen and oxygen atoms in total. The van der Waals surface area contributed by atoms with E-state index in [4.69, 9.17) is 9.47 Å². The van der Waals surface area contributed by atoms with Crippen molar-refractivity contribution in [2.24, 2.45) is 0 Å². The number of hydrogen-bond acceptors (Lipinski definition) is 3. The average Bonchev–Trinajstić information content (AvgIpc) is 2.69. The molecule has 1 N–H and O–H groups in total. The summed E-state index contributed by atoms with van der Waals surface area (Å²) in [5, 5.41) is 2.92. The number of rotatable bonds is 7. The summed E-state index contributed by atoms with van der Waals surface area (Å²) in [6, 6.07) is 15.7. The van der Waals surface area contributed by atoms with Gasteiger partial charge in [-0.05, 0) is 41.8 Å². The molecule has 0 aromatic heterocycles. The topological polar surface area (TPSA) is 50.8 Å². The lowest BCUT2D eigenvalue weighted by molar-refractivity contribution is 0.0159. The summed E-state index contributed by atoms with van der Waals surface area (Å²) in [4.78, 5) is 14.1. The molecule has 0 spiro atoms. The Bertz CT molecular complexity index is 745. The van der Waals surface area contributed by atoms with Gasteiger partial charge in [0.2, 0.25) is 0 Å². The predicted molar refractivity (Wildman–Crippen MR) is 107 cm³/mol. The van der Waals surface area contributed by atoms with Crippen LogP contribution in [-0.2, 0) is 17.8 Å². The third-order valence-electron chi connectivity index (χ3n) is 4.74. The van der Waals surface area contributed by atoms with Gasteiger partial charge in [0.15, 0.2) is 0 Å². The molecule has 27 heavy (non-hydrogen) atoms. The van der Waals surface area contributed by atoms with Crippen molar-refractivity contribution in [3.63, 3.8) is 0 Å². The van der Waals surface area contributed by atoms with Crippen molar-refractivity contribution in [1.82, 2.24) is 4.90 Å². The highest BCUT2D eigenvalue weighted by Crippen LogP contribution is 2.21. The van der Waals surface area contributed by atoms with E-state index in [1.165, 1.54) is 11.1 Å². The lowest BCUT2D eigenvalue weighted by atomic mass is 9.99. The van der Waals surface area contributed by atoms with Crippen LogP contribution in [0.3, 0.4) is 0 Å². The Balaban J connectivity index is 1.48. The first-order valence-corrected chi connectivity index (χ1v) is 9.59. The van der Waals surface area contributed by atoms with Crippen LogP contribution in [0.5, 0.6) is 5.75 Å². The second-order valence-corrected chi connectivity index (χ2v) is 6.94. The Morgan fingerprint density at radius 2 is 1.93 bits per heavy atom. The summed E-state index contributed by atoms with van der Waals surface area (Å²) in [7, 11) is 1.79. The SMILES string of the molecule is CCCCOc1ccc(NC(=O)N(C)CC2Cc3ccccc3CO2)cc1. The molecule has 0 aliphatic carbocycles. The molecular formula is C22H28N2O3. The molecule has 0 radical (unpaired) electrons. The molecule has 3 rings (SSSR count). The third-order valence-corrected chi connectivity index (χ3v) is 4.74. The van der Waals surface area contributed by atoms with Gasteiger partial charge in [0, 0.05) is 25.7 Å². The molecule has 5 heteroatoms. The number of unbranched alkanes of at least 4 members (excludes halogenated alkanes) is 1. The average molecular weight is 368 g/mol. The molecule has 2 amide bonds. The zero-order valence-corrected chi connectivity index (χ0v) is 16.1. The van der Waals surface area contributed by atoms with Crippen LogP contribution in [-0.4, -0.2) is 37.2 Å². The van der Waals surface area contributed by atoms with Crippen LogP contribution in [0, 0.1) is 0 Å². The normalized spacial score (nSPS) is 15.7. The van der Waals surface area contributed by atoms with E-state index in [0.29, 0.717) is 13.2 Å². The number of nitrogens with zero attached hydrogens (tertiary/aromatic N) is 1. The fourth-order valence-electron chi connectivity index (χ4n) is 3.10. The second-order valence-electron chi connectivity index (χ2n) is 6.94. The van der Waals surface area contributed by atoms with Gasteiger partial charge in [0.05, 0.1) is 19.3 Å². The van der Waals surface area contributed by atoms with Gasteiger partial charge < -0.3 is 19.7 Å². The number of anilines is 1. The van der Waals surface area contributed by atoms with Crippen molar-refractivity contribution in [2.45, 2.75) is 38.9 Å². The predicted octanol–water partition coefficient (Wildman–Crippen LogP) is 4.47. The lowest BCUT2D eigenvalue weighted by Gasteiger charge is -2.29. The van der Waals surface area contributed by atoms with Gasteiger partial charge >= 0.3 is 6.03 Å². The second kappa shape index (κ2) is 9.42. The first-order valence-electron chi connectivity index (χ1n) is 9.59. The fraction of sp³-hybridized carbons (Fsp3) is 0.409. The van der Waals surface area contributed by atoms with Crippen molar-refractivity contribution in [1.29, 1.82) is 0 Å². The molecular weight excluding hydrogens is 340 g/mol.